The first-order valence-electron chi connectivity index (χ1n) is 10.4. The van der Waals surface area contributed by atoms with Gasteiger partial charge in [0.05, 0.1) is 23.2 Å². The maximum atomic E-state index is 12.5. The van der Waals surface area contributed by atoms with Crippen LogP contribution in [0.4, 0.5) is 11.4 Å². The second-order valence-corrected chi connectivity index (χ2v) is 9.46. The van der Waals surface area contributed by atoms with Crippen molar-refractivity contribution in [1.82, 2.24) is 5.32 Å². The molecule has 0 aliphatic heterocycles. The largest absolute Gasteiger partial charge is 0.352 e. The van der Waals surface area contributed by atoms with Gasteiger partial charge in [-0.15, -0.1) is 0 Å². The van der Waals surface area contributed by atoms with E-state index in [4.69, 9.17) is 0 Å². The topological polar surface area (TPSA) is 95.6 Å². The number of rotatable bonds is 10. The molecule has 0 fully saturated rings. The number of nitrogens with zero attached hydrogens (tertiary/aromatic N) is 1. The molecule has 0 aromatic heterocycles. The van der Waals surface area contributed by atoms with Crippen LogP contribution in [0, 0.1) is 13.8 Å². The molecule has 7 nitrogen and oxygen atoms in total. The summed E-state index contributed by atoms with van der Waals surface area (Å²) in [6.45, 7) is 6.61. The number of aryl methyl sites for hydroxylation is 2. The monoisotopic (exact) mass is 445 g/mol. The third-order valence-corrected chi connectivity index (χ3v) is 6.12. The summed E-state index contributed by atoms with van der Waals surface area (Å²) in [7, 11) is -3.48. The van der Waals surface area contributed by atoms with Crippen molar-refractivity contribution >= 4 is 33.2 Å². The van der Waals surface area contributed by atoms with Crippen LogP contribution in [-0.2, 0) is 14.8 Å². The van der Waals surface area contributed by atoms with Gasteiger partial charge in [-0.2, -0.15) is 0 Å². The number of nitrogens with one attached hydrogen (secondary N) is 2. The van der Waals surface area contributed by atoms with Gasteiger partial charge in [0.15, 0.2) is 0 Å². The fourth-order valence-corrected chi connectivity index (χ4v) is 4.04. The highest BCUT2D eigenvalue weighted by Gasteiger charge is 2.18. The van der Waals surface area contributed by atoms with Gasteiger partial charge < -0.3 is 10.6 Å². The molecule has 2 aromatic rings. The number of benzene rings is 2. The van der Waals surface area contributed by atoms with Crippen LogP contribution in [0.3, 0.4) is 0 Å². The molecule has 0 aliphatic rings. The van der Waals surface area contributed by atoms with Crippen LogP contribution >= 0.6 is 0 Å². The molecular weight excluding hydrogens is 414 g/mol. The molecule has 0 saturated heterocycles. The molecule has 8 heteroatoms. The molecule has 0 radical (unpaired) electrons. The van der Waals surface area contributed by atoms with Crippen LogP contribution in [0.2, 0.25) is 0 Å². The highest BCUT2D eigenvalue weighted by molar-refractivity contribution is 7.92. The molecule has 31 heavy (non-hydrogen) atoms. The van der Waals surface area contributed by atoms with Crippen molar-refractivity contribution in [2.75, 3.05) is 29.0 Å². The van der Waals surface area contributed by atoms with E-state index in [-0.39, 0.29) is 24.8 Å². The fraction of sp³-hybridized carbons (Fsp3) is 0.391. The Hall–Kier alpha value is -2.87. The number of sulfonamides is 1. The predicted octanol–water partition coefficient (Wildman–Crippen LogP) is 3.63. The van der Waals surface area contributed by atoms with Crippen LogP contribution in [-0.4, -0.2) is 39.6 Å². The molecule has 0 unspecified atom stereocenters. The lowest BCUT2D eigenvalue weighted by Crippen LogP contribution is -2.31. The lowest BCUT2D eigenvalue weighted by atomic mass is 10.1. The molecule has 2 rings (SSSR count). The normalized spacial score (nSPS) is 11.1. The summed E-state index contributed by atoms with van der Waals surface area (Å²) in [4.78, 5) is 24.7. The Balaban J connectivity index is 2.02. The third kappa shape index (κ3) is 7.10. The van der Waals surface area contributed by atoms with E-state index in [1.807, 2.05) is 32.9 Å². The number of amides is 2. The van der Waals surface area contributed by atoms with E-state index in [1.165, 1.54) is 4.31 Å². The number of carbonyl (C=O) groups is 2. The van der Waals surface area contributed by atoms with Gasteiger partial charge in [-0.1, -0.05) is 25.1 Å². The van der Waals surface area contributed by atoms with Crippen molar-refractivity contribution < 1.29 is 18.0 Å². The molecule has 0 spiro atoms. The van der Waals surface area contributed by atoms with E-state index in [0.29, 0.717) is 29.9 Å². The summed E-state index contributed by atoms with van der Waals surface area (Å²) in [6.07, 6.45) is 2.45. The van der Waals surface area contributed by atoms with Gasteiger partial charge in [0, 0.05) is 19.5 Å². The molecule has 168 valence electrons. The Morgan fingerprint density at radius 2 is 1.74 bits per heavy atom. The van der Waals surface area contributed by atoms with E-state index in [9.17, 15) is 18.0 Å². The van der Waals surface area contributed by atoms with Crippen molar-refractivity contribution in [3.8, 4) is 0 Å². The van der Waals surface area contributed by atoms with Gasteiger partial charge >= 0.3 is 0 Å². The molecule has 0 saturated carbocycles. The molecular formula is C23H31N3O4S. The second-order valence-electron chi connectivity index (χ2n) is 7.56. The number of anilines is 2. The van der Waals surface area contributed by atoms with Gasteiger partial charge in [-0.3, -0.25) is 13.9 Å². The van der Waals surface area contributed by atoms with Gasteiger partial charge in [0.25, 0.3) is 5.91 Å². The Morgan fingerprint density at radius 1 is 1.03 bits per heavy atom. The molecule has 2 amide bonds. The number of para-hydroxylation sites is 1. The minimum atomic E-state index is -3.48. The van der Waals surface area contributed by atoms with E-state index in [0.717, 1.165) is 23.8 Å². The maximum absolute atomic E-state index is 12.5. The smallest absolute Gasteiger partial charge is 0.253 e. The summed E-state index contributed by atoms with van der Waals surface area (Å²) < 4.78 is 25.9. The fourth-order valence-electron chi connectivity index (χ4n) is 3.09. The van der Waals surface area contributed by atoms with Gasteiger partial charge in [-0.05, 0) is 62.1 Å². The number of hydrogen-bond acceptors (Lipinski definition) is 4. The SMILES string of the molecule is CCCNC(=O)c1ccccc1NC(=O)CCCN(c1ccc(C)c(C)c1)S(C)(=O)=O. The Kier molecular flexibility index (Phi) is 8.62. The predicted molar refractivity (Wildman–Crippen MR) is 125 cm³/mol. The number of carbonyl (C=O) groups excluding carboxylic acids is 2. The summed E-state index contributed by atoms with van der Waals surface area (Å²) in [5, 5.41) is 5.57. The minimum Gasteiger partial charge on any atom is -0.352 e. The second kappa shape index (κ2) is 10.9. The Bertz CT molecular complexity index is 1030. The van der Waals surface area contributed by atoms with Gasteiger partial charge in [0.2, 0.25) is 15.9 Å². The van der Waals surface area contributed by atoms with Gasteiger partial charge in [0.1, 0.15) is 0 Å². The zero-order valence-electron chi connectivity index (χ0n) is 18.6. The average molecular weight is 446 g/mol. The third-order valence-electron chi connectivity index (χ3n) is 4.93. The maximum Gasteiger partial charge on any atom is 0.253 e. The lowest BCUT2D eigenvalue weighted by molar-refractivity contribution is -0.116. The zero-order valence-corrected chi connectivity index (χ0v) is 19.4. The molecule has 0 atom stereocenters. The van der Waals surface area contributed by atoms with E-state index in [2.05, 4.69) is 10.6 Å². The van der Waals surface area contributed by atoms with Crippen molar-refractivity contribution in [3.05, 3.63) is 59.2 Å². The molecule has 2 aromatic carbocycles. The van der Waals surface area contributed by atoms with Crippen LogP contribution in [0.5, 0.6) is 0 Å². The van der Waals surface area contributed by atoms with Crippen molar-refractivity contribution in [1.29, 1.82) is 0 Å². The van der Waals surface area contributed by atoms with E-state index < -0.39 is 10.0 Å². The van der Waals surface area contributed by atoms with Crippen molar-refractivity contribution in [3.63, 3.8) is 0 Å². The van der Waals surface area contributed by atoms with Gasteiger partial charge in [-0.25, -0.2) is 8.42 Å². The van der Waals surface area contributed by atoms with Crippen LogP contribution in [0.25, 0.3) is 0 Å². The first-order chi connectivity index (χ1) is 14.6. The van der Waals surface area contributed by atoms with Crippen LogP contribution in [0.15, 0.2) is 42.5 Å². The Morgan fingerprint density at radius 3 is 2.39 bits per heavy atom. The van der Waals surface area contributed by atoms with E-state index in [1.54, 1.807) is 30.3 Å². The van der Waals surface area contributed by atoms with Crippen LogP contribution < -0.4 is 14.9 Å². The Labute approximate surface area is 184 Å². The summed E-state index contributed by atoms with van der Waals surface area (Å²) in [6, 6.07) is 12.3. The first-order valence-corrected chi connectivity index (χ1v) is 12.2. The zero-order chi connectivity index (χ0) is 23.0. The molecule has 2 N–H and O–H groups in total. The molecule has 0 aliphatic carbocycles. The summed E-state index contributed by atoms with van der Waals surface area (Å²) >= 11 is 0. The standard InChI is InChI=1S/C23H31N3O4S/c1-5-14-24-23(28)20-9-6-7-10-21(20)25-22(27)11-8-15-26(31(4,29)30)19-13-12-17(2)18(3)16-19/h6-7,9-10,12-13,16H,5,8,11,14-15H2,1-4H3,(H,24,28)(H,25,27). The highest BCUT2D eigenvalue weighted by atomic mass is 32.2. The number of hydrogen-bond donors (Lipinski definition) is 2. The minimum absolute atomic E-state index is 0.127. The van der Waals surface area contributed by atoms with Crippen molar-refractivity contribution in [2.24, 2.45) is 0 Å². The van der Waals surface area contributed by atoms with Crippen LogP contribution in [0.1, 0.15) is 47.7 Å². The summed E-state index contributed by atoms with van der Waals surface area (Å²) in [5.41, 5.74) is 3.51. The summed E-state index contributed by atoms with van der Waals surface area (Å²) in [5.74, 6) is -0.514. The molecule has 0 heterocycles. The van der Waals surface area contributed by atoms with E-state index >= 15 is 0 Å². The van der Waals surface area contributed by atoms with Crippen molar-refractivity contribution in [2.45, 2.75) is 40.0 Å². The average Bonchev–Trinajstić information content (AvgIpc) is 2.71. The first kappa shape index (κ1) is 24.4. The quantitative estimate of drug-likeness (QED) is 0.584. The highest BCUT2D eigenvalue weighted by Crippen LogP contribution is 2.22. The lowest BCUT2D eigenvalue weighted by Gasteiger charge is -2.23. The molecule has 0 bridgehead atoms.